The highest BCUT2D eigenvalue weighted by molar-refractivity contribution is 5.84. The smallest absolute Gasteiger partial charge is 0.228 e. The number of carbonyl (C=O) groups excluding carboxylic acids is 2. The lowest BCUT2D eigenvalue weighted by Gasteiger charge is -2.35. The van der Waals surface area contributed by atoms with E-state index < -0.39 is 0 Å². The van der Waals surface area contributed by atoms with Gasteiger partial charge in [0.1, 0.15) is 0 Å². The minimum Gasteiger partial charge on any atom is -0.353 e. The van der Waals surface area contributed by atoms with E-state index in [9.17, 15) is 9.59 Å². The molecule has 2 aliphatic rings. The molecule has 2 aromatic rings. The normalized spacial score (nSPS) is 18.8. The van der Waals surface area contributed by atoms with Crippen LogP contribution < -0.4 is 5.32 Å². The average Bonchev–Trinajstić information content (AvgIpc) is 2.85. The maximum atomic E-state index is 13.4. The summed E-state index contributed by atoms with van der Waals surface area (Å²) >= 11 is 0. The Balaban J connectivity index is 1.29. The van der Waals surface area contributed by atoms with E-state index in [2.05, 4.69) is 22.4 Å². The van der Waals surface area contributed by atoms with Gasteiger partial charge in [-0.15, -0.1) is 0 Å². The number of carbonyl (C=O) groups is 2. The van der Waals surface area contributed by atoms with E-state index in [-0.39, 0.29) is 23.8 Å². The number of piperidine rings is 1. The fourth-order valence-electron chi connectivity index (χ4n) is 5.29. The molecule has 4 rings (SSSR count). The first-order valence-electron chi connectivity index (χ1n) is 12.2. The molecule has 32 heavy (non-hydrogen) atoms. The second kappa shape index (κ2) is 11.3. The predicted molar refractivity (Wildman–Crippen MR) is 126 cm³/mol. The average molecular weight is 434 g/mol. The minimum atomic E-state index is -0.0596. The Hall–Kier alpha value is -2.69. The van der Waals surface area contributed by atoms with Gasteiger partial charge in [0.2, 0.25) is 11.8 Å². The van der Waals surface area contributed by atoms with Crippen LogP contribution in [0.4, 0.5) is 0 Å². The molecule has 1 aromatic carbocycles. The molecular weight excluding hydrogens is 398 g/mol. The zero-order valence-corrected chi connectivity index (χ0v) is 18.9. The SMILES string of the molecule is O=C(NC1CCN(C(=O)CCc2cccnc2)CC1)[C@H](c1ccccc1)C1CCCCC1. The quantitative estimate of drug-likeness (QED) is 0.700. The van der Waals surface area contributed by atoms with Crippen molar-refractivity contribution in [2.24, 2.45) is 5.92 Å². The molecule has 1 saturated carbocycles. The number of likely N-dealkylation sites (tertiary alicyclic amines) is 1. The topological polar surface area (TPSA) is 62.3 Å². The minimum absolute atomic E-state index is 0.0596. The number of nitrogens with one attached hydrogen (secondary N) is 1. The highest BCUT2D eigenvalue weighted by atomic mass is 16.2. The van der Waals surface area contributed by atoms with Gasteiger partial charge in [0.15, 0.2) is 0 Å². The van der Waals surface area contributed by atoms with Gasteiger partial charge in [-0.1, -0.05) is 55.7 Å². The summed E-state index contributed by atoms with van der Waals surface area (Å²) < 4.78 is 0. The number of amides is 2. The summed E-state index contributed by atoms with van der Waals surface area (Å²) in [6.45, 7) is 1.44. The predicted octanol–water partition coefficient (Wildman–Crippen LogP) is 4.49. The van der Waals surface area contributed by atoms with Crippen molar-refractivity contribution in [2.45, 2.75) is 69.7 Å². The van der Waals surface area contributed by atoms with Crippen molar-refractivity contribution in [1.29, 1.82) is 0 Å². The van der Waals surface area contributed by atoms with E-state index in [1.165, 1.54) is 19.3 Å². The summed E-state index contributed by atoms with van der Waals surface area (Å²) in [6.07, 6.45) is 12.5. The fraction of sp³-hybridized carbons (Fsp3) is 0.519. The lowest BCUT2D eigenvalue weighted by Crippen LogP contribution is -2.48. The van der Waals surface area contributed by atoms with E-state index in [1.807, 2.05) is 41.4 Å². The Morgan fingerprint density at radius 1 is 0.969 bits per heavy atom. The van der Waals surface area contributed by atoms with Gasteiger partial charge in [0.05, 0.1) is 5.92 Å². The van der Waals surface area contributed by atoms with Gasteiger partial charge in [-0.2, -0.15) is 0 Å². The molecule has 2 amide bonds. The van der Waals surface area contributed by atoms with E-state index in [0.29, 0.717) is 12.3 Å². The van der Waals surface area contributed by atoms with Crippen LogP contribution in [0.5, 0.6) is 0 Å². The molecule has 0 unspecified atom stereocenters. The molecule has 5 heteroatoms. The summed E-state index contributed by atoms with van der Waals surface area (Å²) in [6, 6.07) is 14.4. The summed E-state index contributed by atoms with van der Waals surface area (Å²) in [5.74, 6) is 0.739. The van der Waals surface area contributed by atoms with Crippen molar-refractivity contribution in [2.75, 3.05) is 13.1 Å². The highest BCUT2D eigenvalue weighted by Crippen LogP contribution is 2.36. The molecule has 2 fully saturated rings. The Kier molecular flexibility index (Phi) is 7.92. The van der Waals surface area contributed by atoms with Gasteiger partial charge in [-0.3, -0.25) is 14.6 Å². The Bertz CT molecular complexity index is 857. The van der Waals surface area contributed by atoms with Crippen molar-refractivity contribution in [3.63, 3.8) is 0 Å². The first-order chi connectivity index (χ1) is 15.7. The van der Waals surface area contributed by atoms with Crippen LogP contribution in [0.15, 0.2) is 54.9 Å². The largest absolute Gasteiger partial charge is 0.353 e. The third kappa shape index (κ3) is 5.96. The van der Waals surface area contributed by atoms with Crippen molar-refractivity contribution in [3.05, 3.63) is 66.0 Å². The zero-order chi connectivity index (χ0) is 22.2. The van der Waals surface area contributed by atoms with Crippen LogP contribution in [0.1, 0.15) is 68.4 Å². The van der Waals surface area contributed by atoms with Crippen LogP contribution in [0.2, 0.25) is 0 Å². The standard InChI is InChI=1S/C27H35N3O2/c31-25(14-13-21-8-7-17-28-20-21)30-18-15-24(16-19-30)29-27(32)26(22-9-3-1-4-10-22)23-11-5-2-6-12-23/h1,3-4,7-10,17,20,23-24,26H,2,5-6,11-16,18-19H2,(H,29,32)/t26-/m1/s1. The number of aromatic nitrogens is 1. The first-order valence-corrected chi connectivity index (χ1v) is 12.2. The molecule has 170 valence electrons. The molecule has 0 spiro atoms. The molecule has 1 atom stereocenters. The second-order valence-corrected chi connectivity index (χ2v) is 9.31. The highest BCUT2D eigenvalue weighted by Gasteiger charge is 2.33. The van der Waals surface area contributed by atoms with Gasteiger partial charge in [0.25, 0.3) is 0 Å². The van der Waals surface area contributed by atoms with Gasteiger partial charge < -0.3 is 10.2 Å². The van der Waals surface area contributed by atoms with Crippen molar-refractivity contribution < 1.29 is 9.59 Å². The molecule has 1 N–H and O–H groups in total. The maximum absolute atomic E-state index is 13.4. The number of rotatable bonds is 7. The molecule has 5 nitrogen and oxygen atoms in total. The van der Waals surface area contributed by atoms with Crippen molar-refractivity contribution in [1.82, 2.24) is 15.2 Å². The van der Waals surface area contributed by atoms with Crippen molar-refractivity contribution >= 4 is 11.8 Å². The lowest BCUT2D eigenvalue weighted by atomic mass is 9.76. The number of nitrogens with zero attached hydrogens (tertiary/aromatic N) is 2. The second-order valence-electron chi connectivity index (χ2n) is 9.31. The molecule has 1 aliphatic heterocycles. The zero-order valence-electron chi connectivity index (χ0n) is 18.9. The van der Waals surface area contributed by atoms with Crippen LogP contribution in [0.25, 0.3) is 0 Å². The Morgan fingerprint density at radius 3 is 2.41 bits per heavy atom. The lowest BCUT2D eigenvalue weighted by molar-refractivity contribution is -0.132. The molecule has 1 saturated heterocycles. The maximum Gasteiger partial charge on any atom is 0.228 e. The van der Waals surface area contributed by atoms with E-state index in [1.54, 1.807) is 6.20 Å². The molecule has 1 aromatic heterocycles. The summed E-state index contributed by atoms with van der Waals surface area (Å²) in [4.78, 5) is 32.1. The Morgan fingerprint density at radius 2 is 1.72 bits per heavy atom. The van der Waals surface area contributed by atoms with Gasteiger partial charge >= 0.3 is 0 Å². The third-order valence-electron chi connectivity index (χ3n) is 7.11. The number of hydrogen-bond donors (Lipinski definition) is 1. The summed E-state index contributed by atoms with van der Waals surface area (Å²) in [5, 5.41) is 3.35. The fourth-order valence-corrected chi connectivity index (χ4v) is 5.29. The van der Waals surface area contributed by atoms with Gasteiger partial charge in [-0.05, 0) is 55.2 Å². The van der Waals surface area contributed by atoms with Gasteiger partial charge in [0, 0.05) is 37.9 Å². The summed E-state index contributed by atoms with van der Waals surface area (Å²) in [5.41, 5.74) is 2.23. The number of pyridine rings is 1. The first kappa shape index (κ1) is 22.5. The van der Waals surface area contributed by atoms with Crippen LogP contribution in [-0.2, 0) is 16.0 Å². The van der Waals surface area contributed by atoms with Crippen LogP contribution in [0, 0.1) is 5.92 Å². The van der Waals surface area contributed by atoms with Gasteiger partial charge in [-0.25, -0.2) is 0 Å². The molecule has 1 aliphatic carbocycles. The van der Waals surface area contributed by atoms with E-state index in [0.717, 1.165) is 56.3 Å². The molecule has 2 heterocycles. The van der Waals surface area contributed by atoms with Crippen LogP contribution >= 0.6 is 0 Å². The number of hydrogen-bond acceptors (Lipinski definition) is 3. The molecule has 0 radical (unpaired) electrons. The van der Waals surface area contributed by atoms with E-state index >= 15 is 0 Å². The van der Waals surface area contributed by atoms with Crippen LogP contribution in [0.3, 0.4) is 0 Å². The Labute approximate surface area is 191 Å². The van der Waals surface area contributed by atoms with Crippen molar-refractivity contribution in [3.8, 4) is 0 Å². The monoisotopic (exact) mass is 433 g/mol. The molecule has 0 bridgehead atoms. The number of benzene rings is 1. The third-order valence-corrected chi connectivity index (χ3v) is 7.11. The number of aryl methyl sites for hydroxylation is 1. The summed E-state index contributed by atoms with van der Waals surface area (Å²) in [7, 11) is 0. The van der Waals surface area contributed by atoms with E-state index in [4.69, 9.17) is 0 Å². The molecular formula is C27H35N3O2. The van der Waals surface area contributed by atoms with Crippen LogP contribution in [-0.4, -0.2) is 40.8 Å².